The molecule has 0 radical (unpaired) electrons. The number of aliphatic hydroxyl groups excluding tert-OH is 1. The fraction of sp³-hybridized carbons (Fsp3) is 0.800. The highest BCUT2D eigenvalue weighted by atomic mass is 16.4. The first kappa shape index (κ1) is 25.7. The summed E-state index contributed by atoms with van der Waals surface area (Å²) in [4.78, 5) is 23.4. The molecule has 0 aliphatic heterocycles. The fourth-order valence-corrected chi connectivity index (χ4v) is 9.40. The zero-order chi connectivity index (χ0) is 25.1. The van der Waals surface area contributed by atoms with E-state index in [-0.39, 0.29) is 39.6 Å². The van der Waals surface area contributed by atoms with Crippen molar-refractivity contribution in [2.45, 2.75) is 112 Å². The van der Waals surface area contributed by atoms with E-state index in [1.807, 2.05) is 6.08 Å². The van der Waals surface area contributed by atoms with Gasteiger partial charge in [-0.15, -0.1) is 0 Å². The lowest BCUT2D eigenvalue weighted by Crippen LogP contribution is -2.55. The Morgan fingerprint density at radius 3 is 2.38 bits per heavy atom. The Morgan fingerprint density at radius 2 is 1.74 bits per heavy atom. The van der Waals surface area contributed by atoms with E-state index in [2.05, 4.69) is 34.6 Å². The standard InChI is InChI=1S/C30H46O4/c1-19(18-31)8-7-9-20(26(33)34)21-12-16-30(6)23-10-11-24-27(2,3)25(32)14-15-28(24,4)22(23)13-17-29(21,30)5/h8,18,20-21,24-25,32H,7,9-17H2,1-6H3,(H,33,34). The van der Waals surface area contributed by atoms with Gasteiger partial charge in [0.25, 0.3) is 0 Å². The number of carbonyl (C=O) groups excluding carboxylic acids is 1. The average Bonchev–Trinajstić information content (AvgIpc) is 3.05. The molecule has 34 heavy (non-hydrogen) atoms. The SMILES string of the molecule is CC(C=O)=CCCC(C(=O)O)C1CCC2(C)C3=C(CCC12C)C1(C)CCC(O)C(C)(C)C1CC3. The third kappa shape index (κ3) is 3.57. The molecule has 190 valence electrons. The van der Waals surface area contributed by atoms with Crippen molar-refractivity contribution in [3.63, 3.8) is 0 Å². The number of fused-ring (bicyclic) bond motifs is 4. The molecule has 4 rings (SSSR count). The van der Waals surface area contributed by atoms with Crippen molar-refractivity contribution in [3.8, 4) is 0 Å². The smallest absolute Gasteiger partial charge is 0.306 e. The molecule has 2 N–H and O–H groups in total. The van der Waals surface area contributed by atoms with Gasteiger partial charge in [0.2, 0.25) is 0 Å². The van der Waals surface area contributed by atoms with Crippen LogP contribution in [-0.4, -0.2) is 28.6 Å². The molecular weight excluding hydrogens is 424 g/mol. The summed E-state index contributed by atoms with van der Waals surface area (Å²) in [6.45, 7) is 13.6. The summed E-state index contributed by atoms with van der Waals surface area (Å²) in [5.41, 5.74) is 4.14. The van der Waals surface area contributed by atoms with Gasteiger partial charge in [-0.3, -0.25) is 9.59 Å². The van der Waals surface area contributed by atoms with Crippen LogP contribution >= 0.6 is 0 Å². The Bertz CT molecular complexity index is 913. The second kappa shape index (κ2) is 8.61. The summed E-state index contributed by atoms with van der Waals surface area (Å²) in [6.07, 6.45) is 12.1. The van der Waals surface area contributed by atoms with Gasteiger partial charge in [0.1, 0.15) is 6.29 Å². The van der Waals surface area contributed by atoms with Crippen molar-refractivity contribution >= 4 is 12.3 Å². The molecule has 0 heterocycles. The molecule has 0 aromatic carbocycles. The number of carboxylic acids is 1. The lowest BCUT2D eigenvalue weighted by atomic mass is 9.43. The number of aliphatic carboxylic acids is 1. The Balaban J connectivity index is 1.67. The van der Waals surface area contributed by atoms with Crippen LogP contribution in [0.15, 0.2) is 22.8 Å². The molecule has 4 aliphatic rings. The molecular formula is C30H46O4. The highest BCUT2D eigenvalue weighted by Crippen LogP contribution is 2.72. The second-order valence-electron chi connectivity index (χ2n) is 13.3. The van der Waals surface area contributed by atoms with E-state index in [1.165, 1.54) is 0 Å². The molecule has 0 aromatic rings. The van der Waals surface area contributed by atoms with E-state index in [1.54, 1.807) is 18.1 Å². The van der Waals surface area contributed by atoms with Gasteiger partial charge >= 0.3 is 5.97 Å². The Kier molecular flexibility index (Phi) is 6.50. The van der Waals surface area contributed by atoms with Gasteiger partial charge in [-0.25, -0.2) is 0 Å². The number of rotatable bonds is 6. The highest BCUT2D eigenvalue weighted by Gasteiger charge is 2.64. The fourth-order valence-electron chi connectivity index (χ4n) is 9.40. The normalized spacial score (nSPS) is 42.4. The van der Waals surface area contributed by atoms with Gasteiger partial charge in [0.05, 0.1) is 12.0 Å². The predicted molar refractivity (Wildman–Crippen MR) is 135 cm³/mol. The minimum absolute atomic E-state index is 0.00873. The number of carbonyl (C=O) groups is 2. The molecule has 4 aliphatic carbocycles. The molecule has 4 heteroatoms. The van der Waals surface area contributed by atoms with E-state index in [4.69, 9.17) is 0 Å². The number of hydrogen-bond acceptors (Lipinski definition) is 3. The van der Waals surface area contributed by atoms with Crippen molar-refractivity contribution in [2.24, 2.45) is 39.4 Å². The van der Waals surface area contributed by atoms with Crippen molar-refractivity contribution in [1.29, 1.82) is 0 Å². The van der Waals surface area contributed by atoms with Crippen LogP contribution in [-0.2, 0) is 9.59 Å². The topological polar surface area (TPSA) is 74.6 Å². The average molecular weight is 471 g/mol. The number of aliphatic hydroxyl groups is 1. The largest absolute Gasteiger partial charge is 0.481 e. The van der Waals surface area contributed by atoms with Crippen LogP contribution in [0.5, 0.6) is 0 Å². The van der Waals surface area contributed by atoms with Crippen molar-refractivity contribution in [1.82, 2.24) is 0 Å². The zero-order valence-electron chi connectivity index (χ0n) is 22.2. The van der Waals surface area contributed by atoms with Crippen LogP contribution < -0.4 is 0 Å². The lowest BCUT2D eigenvalue weighted by molar-refractivity contribution is -0.146. The number of hydrogen-bond donors (Lipinski definition) is 2. The van der Waals surface area contributed by atoms with Crippen LogP contribution in [0.25, 0.3) is 0 Å². The molecule has 7 unspecified atom stereocenters. The van der Waals surface area contributed by atoms with E-state index in [9.17, 15) is 19.8 Å². The van der Waals surface area contributed by atoms with Crippen LogP contribution in [0, 0.1) is 39.4 Å². The minimum atomic E-state index is -0.675. The summed E-state index contributed by atoms with van der Waals surface area (Å²) in [5.74, 6) is -0.358. The maximum atomic E-state index is 12.5. The molecule has 0 amide bonds. The van der Waals surface area contributed by atoms with E-state index in [0.29, 0.717) is 24.3 Å². The molecule has 0 saturated heterocycles. The molecule has 4 nitrogen and oxygen atoms in total. The number of allylic oxidation sites excluding steroid dienone is 4. The Hall–Kier alpha value is -1.42. The summed E-state index contributed by atoms with van der Waals surface area (Å²) in [7, 11) is 0. The van der Waals surface area contributed by atoms with Crippen LogP contribution in [0.1, 0.15) is 106 Å². The quantitative estimate of drug-likeness (QED) is 0.257. The summed E-state index contributed by atoms with van der Waals surface area (Å²) in [6, 6.07) is 0. The maximum absolute atomic E-state index is 12.5. The van der Waals surface area contributed by atoms with Gasteiger partial charge in [0, 0.05) is 0 Å². The predicted octanol–water partition coefficient (Wildman–Crippen LogP) is 6.72. The second-order valence-corrected chi connectivity index (χ2v) is 13.3. The minimum Gasteiger partial charge on any atom is -0.481 e. The zero-order valence-corrected chi connectivity index (χ0v) is 22.2. The van der Waals surface area contributed by atoms with Gasteiger partial charge in [-0.1, -0.05) is 51.8 Å². The van der Waals surface area contributed by atoms with Crippen LogP contribution in [0.3, 0.4) is 0 Å². The van der Waals surface area contributed by atoms with Crippen molar-refractivity contribution in [3.05, 3.63) is 22.8 Å². The lowest BCUT2D eigenvalue weighted by Gasteiger charge is -2.62. The molecule has 2 fully saturated rings. The summed E-state index contributed by atoms with van der Waals surface area (Å²) in [5, 5.41) is 21.0. The monoisotopic (exact) mass is 470 g/mol. The first-order valence-electron chi connectivity index (χ1n) is 13.6. The highest BCUT2D eigenvalue weighted by molar-refractivity contribution is 5.72. The Morgan fingerprint density at radius 1 is 1.03 bits per heavy atom. The first-order chi connectivity index (χ1) is 15.8. The van der Waals surface area contributed by atoms with Gasteiger partial charge in [-0.05, 0) is 110 Å². The van der Waals surface area contributed by atoms with E-state index >= 15 is 0 Å². The first-order valence-corrected chi connectivity index (χ1v) is 13.6. The molecule has 0 aromatic heterocycles. The van der Waals surface area contributed by atoms with Gasteiger partial charge in [-0.2, -0.15) is 0 Å². The third-order valence-corrected chi connectivity index (χ3v) is 11.7. The van der Waals surface area contributed by atoms with E-state index in [0.717, 1.165) is 57.7 Å². The Labute approximate surface area is 206 Å². The van der Waals surface area contributed by atoms with Gasteiger partial charge < -0.3 is 10.2 Å². The van der Waals surface area contributed by atoms with Crippen molar-refractivity contribution in [2.75, 3.05) is 0 Å². The number of carboxylic acid groups (broad SMARTS) is 1. The third-order valence-electron chi connectivity index (χ3n) is 11.7. The van der Waals surface area contributed by atoms with Crippen LogP contribution in [0.4, 0.5) is 0 Å². The number of aldehydes is 1. The molecule has 7 atom stereocenters. The van der Waals surface area contributed by atoms with Crippen molar-refractivity contribution < 1.29 is 19.8 Å². The molecule has 0 bridgehead atoms. The summed E-state index contributed by atoms with van der Waals surface area (Å²) < 4.78 is 0. The molecule has 0 spiro atoms. The van der Waals surface area contributed by atoms with Crippen LogP contribution in [0.2, 0.25) is 0 Å². The summed E-state index contributed by atoms with van der Waals surface area (Å²) >= 11 is 0. The maximum Gasteiger partial charge on any atom is 0.306 e. The molecule has 2 saturated carbocycles. The van der Waals surface area contributed by atoms with Gasteiger partial charge in [0.15, 0.2) is 0 Å². The van der Waals surface area contributed by atoms with E-state index < -0.39 is 5.97 Å².